The summed E-state index contributed by atoms with van der Waals surface area (Å²) in [5.74, 6) is 0.627. The molecule has 0 aromatic carbocycles. The standard InChI is InChI=1S/C14H26O/c1-6-8-11(3)10-13(5)14(15)12(4)9-7-2/h6,8,10,12-15H,7,9H2,1-5H3/b8-6+,11-10+/t12-,13+,14-/m1/s1. The Labute approximate surface area is 94.9 Å². The zero-order valence-electron chi connectivity index (χ0n) is 10.8. The van der Waals surface area contributed by atoms with Gasteiger partial charge in [-0.1, -0.05) is 51.0 Å². The highest BCUT2D eigenvalue weighted by Crippen LogP contribution is 2.19. The molecule has 0 saturated carbocycles. The fourth-order valence-corrected chi connectivity index (χ4v) is 1.98. The zero-order valence-corrected chi connectivity index (χ0v) is 10.8. The average Bonchev–Trinajstić information content (AvgIpc) is 2.17. The Hall–Kier alpha value is -0.560. The molecular formula is C14H26O. The number of aliphatic hydroxyl groups is 1. The highest BCUT2D eigenvalue weighted by atomic mass is 16.3. The first kappa shape index (κ1) is 14.4. The largest absolute Gasteiger partial charge is 0.392 e. The van der Waals surface area contributed by atoms with E-state index < -0.39 is 0 Å². The summed E-state index contributed by atoms with van der Waals surface area (Å²) in [7, 11) is 0. The molecule has 0 aromatic rings. The van der Waals surface area contributed by atoms with Crippen molar-refractivity contribution in [3.8, 4) is 0 Å². The Morgan fingerprint density at radius 3 is 2.40 bits per heavy atom. The van der Waals surface area contributed by atoms with Crippen molar-refractivity contribution >= 4 is 0 Å². The summed E-state index contributed by atoms with van der Waals surface area (Å²) in [6.45, 7) is 10.5. The lowest BCUT2D eigenvalue weighted by atomic mass is 9.89. The molecule has 0 spiro atoms. The van der Waals surface area contributed by atoms with Crippen molar-refractivity contribution in [2.75, 3.05) is 0 Å². The maximum atomic E-state index is 10.1. The highest BCUT2D eigenvalue weighted by molar-refractivity contribution is 5.16. The third-order valence-electron chi connectivity index (χ3n) is 2.82. The van der Waals surface area contributed by atoms with Gasteiger partial charge in [-0.2, -0.15) is 0 Å². The molecular weight excluding hydrogens is 184 g/mol. The second-order valence-electron chi connectivity index (χ2n) is 4.53. The minimum Gasteiger partial charge on any atom is -0.392 e. The molecule has 0 bridgehead atoms. The molecule has 0 aliphatic heterocycles. The molecule has 15 heavy (non-hydrogen) atoms. The SMILES string of the molecule is C/C=C/C(C)=C/[C@H](C)[C@H](O)[C@H](C)CCC. The van der Waals surface area contributed by atoms with Crippen LogP contribution in [0.2, 0.25) is 0 Å². The number of allylic oxidation sites excluding steroid dienone is 3. The van der Waals surface area contributed by atoms with Crippen LogP contribution in [0.4, 0.5) is 0 Å². The van der Waals surface area contributed by atoms with Crippen molar-refractivity contribution in [3.05, 3.63) is 23.8 Å². The van der Waals surface area contributed by atoms with E-state index in [2.05, 4.69) is 39.8 Å². The number of aliphatic hydroxyl groups excluding tert-OH is 1. The summed E-state index contributed by atoms with van der Waals surface area (Å²) >= 11 is 0. The lowest BCUT2D eigenvalue weighted by Gasteiger charge is -2.22. The minimum absolute atomic E-state index is 0.217. The fraction of sp³-hybridized carbons (Fsp3) is 0.714. The maximum absolute atomic E-state index is 10.1. The fourth-order valence-electron chi connectivity index (χ4n) is 1.98. The van der Waals surface area contributed by atoms with E-state index in [1.807, 2.05) is 13.0 Å². The van der Waals surface area contributed by atoms with Crippen LogP contribution in [0.1, 0.15) is 47.5 Å². The van der Waals surface area contributed by atoms with E-state index in [1.165, 1.54) is 5.57 Å². The molecule has 1 heteroatoms. The van der Waals surface area contributed by atoms with E-state index in [0.29, 0.717) is 5.92 Å². The second-order valence-corrected chi connectivity index (χ2v) is 4.53. The zero-order chi connectivity index (χ0) is 11.8. The van der Waals surface area contributed by atoms with Crippen molar-refractivity contribution in [2.24, 2.45) is 11.8 Å². The van der Waals surface area contributed by atoms with E-state index in [0.717, 1.165) is 12.8 Å². The molecule has 0 aliphatic rings. The van der Waals surface area contributed by atoms with Gasteiger partial charge in [0, 0.05) is 5.92 Å². The van der Waals surface area contributed by atoms with Gasteiger partial charge in [-0.05, 0) is 26.2 Å². The Bertz CT molecular complexity index is 215. The molecule has 0 saturated heterocycles. The van der Waals surface area contributed by atoms with Crippen molar-refractivity contribution in [1.29, 1.82) is 0 Å². The third-order valence-corrected chi connectivity index (χ3v) is 2.82. The normalized spacial score (nSPS) is 19.2. The number of rotatable bonds is 6. The van der Waals surface area contributed by atoms with Crippen LogP contribution in [0, 0.1) is 11.8 Å². The smallest absolute Gasteiger partial charge is 0.0625 e. The second kappa shape index (κ2) is 7.70. The first-order valence-corrected chi connectivity index (χ1v) is 6.02. The molecule has 0 unspecified atom stereocenters. The molecule has 1 nitrogen and oxygen atoms in total. The Kier molecular flexibility index (Phi) is 7.41. The predicted molar refractivity (Wildman–Crippen MR) is 67.8 cm³/mol. The maximum Gasteiger partial charge on any atom is 0.0625 e. The van der Waals surface area contributed by atoms with Crippen LogP contribution in [0.25, 0.3) is 0 Å². The molecule has 0 heterocycles. The van der Waals surface area contributed by atoms with Gasteiger partial charge in [0.2, 0.25) is 0 Å². The average molecular weight is 210 g/mol. The molecule has 0 rings (SSSR count). The van der Waals surface area contributed by atoms with Gasteiger partial charge in [-0.25, -0.2) is 0 Å². The van der Waals surface area contributed by atoms with Crippen LogP contribution in [0.3, 0.4) is 0 Å². The van der Waals surface area contributed by atoms with Crippen LogP contribution >= 0.6 is 0 Å². The summed E-state index contributed by atoms with van der Waals surface area (Å²) in [6.07, 6.45) is 8.28. The molecule has 1 N–H and O–H groups in total. The molecule has 0 amide bonds. The van der Waals surface area contributed by atoms with Crippen LogP contribution < -0.4 is 0 Å². The van der Waals surface area contributed by atoms with Crippen molar-refractivity contribution in [3.63, 3.8) is 0 Å². The van der Waals surface area contributed by atoms with Crippen LogP contribution in [0.15, 0.2) is 23.8 Å². The van der Waals surface area contributed by atoms with E-state index in [9.17, 15) is 5.11 Å². The first-order valence-electron chi connectivity index (χ1n) is 6.02. The molecule has 0 fully saturated rings. The lowest BCUT2D eigenvalue weighted by molar-refractivity contribution is 0.0784. The minimum atomic E-state index is -0.217. The molecule has 0 aliphatic carbocycles. The molecule has 0 aromatic heterocycles. The van der Waals surface area contributed by atoms with Gasteiger partial charge in [0.05, 0.1) is 6.10 Å². The van der Waals surface area contributed by atoms with Crippen LogP contribution in [-0.4, -0.2) is 11.2 Å². The summed E-state index contributed by atoms with van der Waals surface area (Å²) in [5.41, 5.74) is 1.23. The van der Waals surface area contributed by atoms with Gasteiger partial charge >= 0.3 is 0 Å². The quantitative estimate of drug-likeness (QED) is 0.658. The monoisotopic (exact) mass is 210 g/mol. The summed E-state index contributed by atoms with van der Waals surface area (Å²) in [4.78, 5) is 0. The molecule has 88 valence electrons. The predicted octanol–water partition coefficient (Wildman–Crippen LogP) is 3.94. The first-order chi connectivity index (χ1) is 7.02. The van der Waals surface area contributed by atoms with E-state index in [1.54, 1.807) is 0 Å². The van der Waals surface area contributed by atoms with Crippen molar-refractivity contribution in [2.45, 2.75) is 53.6 Å². The van der Waals surface area contributed by atoms with Crippen LogP contribution in [-0.2, 0) is 0 Å². The Balaban J connectivity index is 4.30. The number of hydrogen-bond donors (Lipinski definition) is 1. The van der Waals surface area contributed by atoms with Gasteiger partial charge in [-0.3, -0.25) is 0 Å². The van der Waals surface area contributed by atoms with Crippen LogP contribution in [0.5, 0.6) is 0 Å². The van der Waals surface area contributed by atoms with Gasteiger partial charge in [0.1, 0.15) is 0 Å². The van der Waals surface area contributed by atoms with Gasteiger partial charge in [0.15, 0.2) is 0 Å². The molecule has 3 atom stereocenters. The van der Waals surface area contributed by atoms with Gasteiger partial charge in [-0.15, -0.1) is 0 Å². The molecule has 0 radical (unpaired) electrons. The third kappa shape index (κ3) is 5.78. The summed E-state index contributed by atoms with van der Waals surface area (Å²) in [5, 5.41) is 10.1. The topological polar surface area (TPSA) is 20.2 Å². The van der Waals surface area contributed by atoms with E-state index in [4.69, 9.17) is 0 Å². The van der Waals surface area contributed by atoms with Gasteiger partial charge < -0.3 is 5.11 Å². The summed E-state index contributed by atoms with van der Waals surface area (Å²) < 4.78 is 0. The van der Waals surface area contributed by atoms with E-state index >= 15 is 0 Å². The van der Waals surface area contributed by atoms with Gasteiger partial charge in [0.25, 0.3) is 0 Å². The number of hydrogen-bond acceptors (Lipinski definition) is 1. The lowest BCUT2D eigenvalue weighted by Crippen LogP contribution is -2.24. The van der Waals surface area contributed by atoms with Crippen molar-refractivity contribution in [1.82, 2.24) is 0 Å². The van der Waals surface area contributed by atoms with E-state index in [-0.39, 0.29) is 12.0 Å². The summed E-state index contributed by atoms with van der Waals surface area (Å²) in [6, 6.07) is 0. The Morgan fingerprint density at radius 2 is 1.93 bits per heavy atom. The Morgan fingerprint density at radius 1 is 1.33 bits per heavy atom. The highest BCUT2D eigenvalue weighted by Gasteiger charge is 2.18. The van der Waals surface area contributed by atoms with Crippen molar-refractivity contribution < 1.29 is 5.11 Å².